The standard InChI is InChI=1S/C14H16BrClFNO/c15-9-5-4-7-11(17)13(9)14(19)18-12-8-3-1-2-6-10(12)16/h4-5,7,10,12H,1-3,6,8H2,(H,18,19). The lowest BCUT2D eigenvalue weighted by Crippen LogP contribution is -2.41. The van der Waals surface area contributed by atoms with Crippen molar-refractivity contribution in [2.45, 2.75) is 43.5 Å². The number of alkyl halides is 1. The molecule has 0 aliphatic heterocycles. The van der Waals surface area contributed by atoms with E-state index in [1.54, 1.807) is 12.1 Å². The number of rotatable bonds is 2. The Morgan fingerprint density at radius 2 is 2.05 bits per heavy atom. The van der Waals surface area contributed by atoms with E-state index in [1.807, 2.05) is 0 Å². The fourth-order valence-corrected chi connectivity index (χ4v) is 3.25. The third-order valence-electron chi connectivity index (χ3n) is 3.44. The maximum atomic E-state index is 13.7. The van der Waals surface area contributed by atoms with Crippen molar-refractivity contribution in [3.8, 4) is 0 Å². The van der Waals surface area contributed by atoms with Gasteiger partial charge in [-0.3, -0.25) is 4.79 Å². The van der Waals surface area contributed by atoms with Crippen molar-refractivity contribution in [2.75, 3.05) is 0 Å². The predicted octanol–water partition coefficient (Wildman–Crippen LogP) is 4.26. The first kappa shape index (κ1) is 14.8. The molecule has 1 aromatic rings. The smallest absolute Gasteiger partial charge is 0.255 e. The van der Waals surface area contributed by atoms with Crippen LogP contribution in [0.4, 0.5) is 4.39 Å². The second kappa shape index (κ2) is 6.71. The van der Waals surface area contributed by atoms with Gasteiger partial charge in [0.2, 0.25) is 0 Å². The first-order valence-corrected chi connectivity index (χ1v) is 7.71. The Hall–Kier alpha value is -0.610. The summed E-state index contributed by atoms with van der Waals surface area (Å²) < 4.78 is 14.2. The van der Waals surface area contributed by atoms with Crippen LogP contribution in [0.5, 0.6) is 0 Å². The third kappa shape index (κ3) is 3.69. The molecule has 1 saturated carbocycles. The Bertz CT molecular complexity index is 449. The fourth-order valence-electron chi connectivity index (χ4n) is 2.38. The third-order valence-corrected chi connectivity index (χ3v) is 4.62. The van der Waals surface area contributed by atoms with Gasteiger partial charge in [0, 0.05) is 10.5 Å². The number of carbonyl (C=O) groups is 1. The van der Waals surface area contributed by atoms with E-state index in [0.717, 1.165) is 32.1 Å². The highest BCUT2D eigenvalue weighted by molar-refractivity contribution is 9.10. The predicted molar refractivity (Wildman–Crippen MR) is 78.1 cm³/mol. The van der Waals surface area contributed by atoms with Crippen LogP contribution in [0.25, 0.3) is 0 Å². The van der Waals surface area contributed by atoms with Crippen LogP contribution in [0.2, 0.25) is 0 Å². The monoisotopic (exact) mass is 347 g/mol. The first-order chi connectivity index (χ1) is 9.09. The van der Waals surface area contributed by atoms with Crippen molar-refractivity contribution < 1.29 is 9.18 Å². The zero-order valence-corrected chi connectivity index (χ0v) is 12.8. The molecule has 0 bridgehead atoms. The molecular formula is C14H16BrClFNO. The molecule has 0 heterocycles. The molecular weight excluding hydrogens is 333 g/mol. The Morgan fingerprint density at radius 3 is 2.79 bits per heavy atom. The zero-order chi connectivity index (χ0) is 13.8. The van der Waals surface area contributed by atoms with Crippen LogP contribution >= 0.6 is 27.5 Å². The minimum Gasteiger partial charge on any atom is -0.348 e. The zero-order valence-electron chi connectivity index (χ0n) is 10.5. The molecule has 1 aromatic carbocycles. The minimum atomic E-state index is -0.522. The maximum Gasteiger partial charge on any atom is 0.255 e. The summed E-state index contributed by atoms with van der Waals surface area (Å²) in [7, 11) is 0. The summed E-state index contributed by atoms with van der Waals surface area (Å²) in [6.45, 7) is 0. The first-order valence-electron chi connectivity index (χ1n) is 6.48. The number of halogens is 3. The summed E-state index contributed by atoms with van der Waals surface area (Å²) in [5, 5.41) is 2.79. The van der Waals surface area contributed by atoms with Gasteiger partial charge in [-0.15, -0.1) is 11.6 Å². The van der Waals surface area contributed by atoms with Crippen molar-refractivity contribution in [3.05, 3.63) is 34.1 Å². The van der Waals surface area contributed by atoms with E-state index in [-0.39, 0.29) is 17.0 Å². The molecule has 104 valence electrons. The molecule has 1 aliphatic rings. The fraction of sp³-hybridized carbons (Fsp3) is 0.500. The average Bonchev–Trinajstić information content (AvgIpc) is 2.55. The van der Waals surface area contributed by atoms with Crippen LogP contribution in [-0.2, 0) is 0 Å². The van der Waals surface area contributed by atoms with Gasteiger partial charge in [-0.05, 0) is 40.9 Å². The lowest BCUT2D eigenvalue weighted by Gasteiger charge is -2.21. The average molecular weight is 349 g/mol. The number of hydrogen-bond acceptors (Lipinski definition) is 1. The van der Waals surface area contributed by atoms with Crippen LogP contribution in [0.15, 0.2) is 22.7 Å². The quantitative estimate of drug-likeness (QED) is 0.628. The van der Waals surface area contributed by atoms with Gasteiger partial charge in [0.05, 0.1) is 10.9 Å². The lowest BCUT2D eigenvalue weighted by molar-refractivity contribution is 0.0929. The molecule has 2 nitrogen and oxygen atoms in total. The van der Waals surface area contributed by atoms with Gasteiger partial charge in [0.25, 0.3) is 5.91 Å². The number of benzene rings is 1. The van der Waals surface area contributed by atoms with Crippen LogP contribution in [0.1, 0.15) is 42.5 Å². The molecule has 5 heteroatoms. The Kier molecular flexibility index (Phi) is 5.22. The molecule has 1 amide bonds. The molecule has 1 aliphatic carbocycles. The second-order valence-electron chi connectivity index (χ2n) is 4.83. The minimum absolute atomic E-state index is 0.0515. The van der Waals surface area contributed by atoms with E-state index >= 15 is 0 Å². The van der Waals surface area contributed by atoms with Crippen molar-refractivity contribution in [2.24, 2.45) is 0 Å². The summed E-state index contributed by atoms with van der Waals surface area (Å²) >= 11 is 9.49. The van der Waals surface area contributed by atoms with Crippen LogP contribution in [0.3, 0.4) is 0 Å². The molecule has 2 atom stereocenters. The highest BCUT2D eigenvalue weighted by Crippen LogP contribution is 2.24. The van der Waals surface area contributed by atoms with Gasteiger partial charge in [-0.25, -0.2) is 4.39 Å². The summed E-state index contributed by atoms with van der Waals surface area (Å²) in [6, 6.07) is 4.42. The molecule has 1 N–H and O–H groups in total. The topological polar surface area (TPSA) is 29.1 Å². The van der Waals surface area contributed by atoms with Gasteiger partial charge in [0.15, 0.2) is 0 Å². The van der Waals surface area contributed by atoms with Crippen LogP contribution < -0.4 is 5.32 Å². The normalized spacial score (nSPS) is 23.7. The van der Waals surface area contributed by atoms with Crippen molar-refractivity contribution >= 4 is 33.4 Å². The Morgan fingerprint density at radius 1 is 1.32 bits per heavy atom. The summed E-state index contributed by atoms with van der Waals surface area (Å²) in [5.41, 5.74) is 0.0515. The molecule has 19 heavy (non-hydrogen) atoms. The van der Waals surface area contributed by atoms with Gasteiger partial charge in [-0.1, -0.05) is 25.3 Å². The number of nitrogens with one attached hydrogen (secondary N) is 1. The number of hydrogen-bond donors (Lipinski definition) is 1. The Labute approximate surface area is 125 Å². The molecule has 1 fully saturated rings. The lowest BCUT2D eigenvalue weighted by atomic mass is 10.1. The van der Waals surface area contributed by atoms with Crippen molar-refractivity contribution in [1.82, 2.24) is 5.32 Å². The van der Waals surface area contributed by atoms with Crippen LogP contribution in [0, 0.1) is 5.82 Å². The largest absolute Gasteiger partial charge is 0.348 e. The molecule has 2 unspecified atom stereocenters. The van der Waals surface area contributed by atoms with Gasteiger partial charge in [0.1, 0.15) is 5.82 Å². The number of amides is 1. The summed E-state index contributed by atoms with van der Waals surface area (Å²) in [5.74, 6) is -0.922. The van der Waals surface area contributed by atoms with E-state index in [9.17, 15) is 9.18 Å². The van der Waals surface area contributed by atoms with E-state index < -0.39 is 11.7 Å². The highest BCUT2D eigenvalue weighted by atomic mass is 79.9. The van der Waals surface area contributed by atoms with Crippen molar-refractivity contribution in [3.63, 3.8) is 0 Å². The number of carbonyl (C=O) groups excluding carboxylic acids is 1. The maximum absolute atomic E-state index is 13.7. The van der Waals surface area contributed by atoms with Gasteiger partial charge in [-0.2, -0.15) is 0 Å². The van der Waals surface area contributed by atoms with Gasteiger partial charge < -0.3 is 5.32 Å². The highest BCUT2D eigenvalue weighted by Gasteiger charge is 2.25. The summed E-state index contributed by atoms with van der Waals surface area (Å²) in [4.78, 5) is 12.2. The van der Waals surface area contributed by atoms with E-state index in [1.165, 1.54) is 6.07 Å². The van der Waals surface area contributed by atoms with Crippen LogP contribution in [-0.4, -0.2) is 17.3 Å². The van der Waals surface area contributed by atoms with E-state index in [4.69, 9.17) is 11.6 Å². The second-order valence-corrected chi connectivity index (χ2v) is 6.25. The molecule has 0 saturated heterocycles. The summed E-state index contributed by atoms with van der Waals surface area (Å²) in [6.07, 6.45) is 5.02. The Balaban J connectivity index is 2.12. The van der Waals surface area contributed by atoms with E-state index in [2.05, 4.69) is 21.2 Å². The van der Waals surface area contributed by atoms with Crippen molar-refractivity contribution in [1.29, 1.82) is 0 Å². The SMILES string of the molecule is O=C(NC1CCCCCC1Cl)c1c(F)cccc1Br. The van der Waals surface area contributed by atoms with E-state index in [0.29, 0.717) is 4.47 Å². The molecule has 0 spiro atoms. The molecule has 0 radical (unpaired) electrons. The molecule has 0 aromatic heterocycles. The molecule has 2 rings (SSSR count). The van der Waals surface area contributed by atoms with Gasteiger partial charge >= 0.3 is 0 Å².